The Balaban J connectivity index is 1.44. The number of hydrogen-bond acceptors (Lipinski definition) is 3. The first kappa shape index (κ1) is 11.0. The fourth-order valence-electron chi connectivity index (χ4n) is 3.21. The van der Waals surface area contributed by atoms with Crippen molar-refractivity contribution in [1.29, 1.82) is 0 Å². The molecule has 19 heavy (non-hydrogen) atoms. The number of nitrogens with one attached hydrogen (secondary N) is 1. The van der Waals surface area contributed by atoms with Gasteiger partial charge in [-0.3, -0.25) is 9.59 Å². The Morgan fingerprint density at radius 3 is 2.84 bits per heavy atom. The molecule has 0 radical (unpaired) electrons. The Morgan fingerprint density at radius 2 is 2.11 bits per heavy atom. The Kier molecular flexibility index (Phi) is 2.08. The van der Waals surface area contributed by atoms with Crippen molar-refractivity contribution >= 4 is 17.6 Å². The van der Waals surface area contributed by atoms with Crippen LogP contribution in [0.25, 0.3) is 0 Å². The second-order valence-electron chi connectivity index (χ2n) is 6.07. The summed E-state index contributed by atoms with van der Waals surface area (Å²) in [6, 6.07) is 5.33. The van der Waals surface area contributed by atoms with Gasteiger partial charge in [0.2, 0.25) is 5.91 Å². The molecule has 1 amide bonds. The molecular weight excluding hydrogens is 242 g/mol. The van der Waals surface area contributed by atoms with Crippen LogP contribution in [0, 0.1) is 11.3 Å². The van der Waals surface area contributed by atoms with Crippen LogP contribution in [0.3, 0.4) is 0 Å². The van der Waals surface area contributed by atoms with Crippen LogP contribution in [-0.4, -0.2) is 11.9 Å². The van der Waals surface area contributed by atoms with E-state index in [1.807, 2.05) is 0 Å². The smallest absolute Gasteiger partial charge is 0.314 e. The summed E-state index contributed by atoms with van der Waals surface area (Å²) >= 11 is 0. The van der Waals surface area contributed by atoms with Gasteiger partial charge in [0.25, 0.3) is 0 Å². The van der Waals surface area contributed by atoms with E-state index < -0.39 is 0 Å². The number of esters is 1. The van der Waals surface area contributed by atoms with Gasteiger partial charge < -0.3 is 10.1 Å². The second kappa shape index (κ2) is 3.59. The quantitative estimate of drug-likeness (QED) is 0.653. The summed E-state index contributed by atoms with van der Waals surface area (Å²) in [5, 5.41) is 2.76. The highest BCUT2D eigenvalue weighted by molar-refractivity contribution is 5.99. The van der Waals surface area contributed by atoms with Crippen molar-refractivity contribution < 1.29 is 14.3 Å². The predicted octanol–water partition coefficient (Wildman–Crippen LogP) is 2.28. The number of rotatable bonds is 2. The molecule has 1 aromatic rings. The molecular formula is C15H15NO3. The Hall–Kier alpha value is -1.84. The molecule has 98 valence electrons. The van der Waals surface area contributed by atoms with Crippen molar-refractivity contribution in [2.24, 2.45) is 11.3 Å². The highest BCUT2D eigenvalue weighted by atomic mass is 16.5. The minimum absolute atomic E-state index is 0.00635. The third-order valence-electron chi connectivity index (χ3n) is 4.57. The first-order valence-electron chi connectivity index (χ1n) is 6.78. The molecule has 4 rings (SSSR count). The molecule has 1 aliphatic heterocycles. The van der Waals surface area contributed by atoms with Gasteiger partial charge in [-0.2, -0.15) is 0 Å². The Labute approximate surface area is 111 Å². The average molecular weight is 257 g/mol. The van der Waals surface area contributed by atoms with Gasteiger partial charge in [-0.25, -0.2) is 0 Å². The van der Waals surface area contributed by atoms with E-state index in [9.17, 15) is 9.59 Å². The van der Waals surface area contributed by atoms with Gasteiger partial charge in [0.15, 0.2) is 0 Å². The first-order chi connectivity index (χ1) is 9.13. The molecule has 1 N–H and O–H groups in total. The fraction of sp³-hybridized carbons (Fsp3) is 0.467. The summed E-state index contributed by atoms with van der Waals surface area (Å²) in [5.41, 5.74) is 2.24. The minimum atomic E-state index is -0.116. The number of carbonyl (C=O) groups excluding carboxylic acids is 2. The van der Waals surface area contributed by atoms with Crippen molar-refractivity contribution in [3.05, 3.63) is 23.8 Å². The summed E-state index contributed by atoms with van der Waals surface area (Å²) in [6.45, 7) is 0. The lowest BCUT2D eigenvalue weighted by Gasteiger charge is -2.33. The third kappa shape index (κ3) is 1.82. The second-order valence-corrected chi connectivity index (χ2v) is 6.07. The zero-order valence-corrected chi connectivity index (χ0v) is 10.6. The molecule has 1 spiro atoms. The highest BCUT2D eigenvalue weighted by Gasteiger charge is 2.55. The molecule has 4 nitrogen and oxygen atoms in total. The highest BCUT2D eigenvalue weighted by Crippen LogP contribution is 2.63. The van der Waals surface area contributed by atoms with E-state index >= 15 is 0 Å². The summed E-state index contributed by atoms with van der Waals surface area (Å²) in [4.78, 5) is 23.2. The monoisotopic (exact) mass is 257 g/mol. The molecule has 0 unspecified atom stereocenters. The maximum absolute atomic E-state index is 12.0. The minimum Gasteiger partial charge on any atom is -0.426 e. The fourth-order valence-corrected chi connectivity index (χ4v) is 3.21. The predicted molar refractivity (Wildman–Crippen MR) is 68.8 cm³/mol. The molecule has 2 saturated carbocycles. The summed E-state index contributed by atoms with van der Waals surface area (Å²) in [7, 11) is 0. The summed E-state index contributed by atoms with van der Waals surface area (Å²) in [6.07, 6.45) is 4.92. The summed E-state index contributed by atoms with van der Waals surface area (Å²) < 4.78 is 5.42. The van der Waals surface area contributed by atoms with Crippen molar-refractivity contribution in [3.8, 4) is 5.75 Å². The number of hydrogen-bond donors (Lipinski definition) is 1. The van der Waals surface area contributed by atoms with Gasteiger partial charge in [-0.1, -0.05) is 0 Å². The number of carbonyl (C=O) groups is 2. The molecule has 2 aliphatic carbocycles. The van der Waals surface area contributed by atoms with Crippen LogP contribution in [0.2, 0.25) is 0 Å². The number of fused-ring (bicyclic) bond motifs is 1. The van der Waals surface area contributed by atoms with Crippen LogP contribution in [0.4, 0.5) is 5.69 Å². The molecule has 2 fully saturated rings. The lowest BCUT2D eigenvalue weighted by Crippen LogP contribution is -2.34. The number of amides is 1. The summed E-state index contributed by atoms with van der Waals surface area (Å²) in [5.74, 6) is 0.510. The van der Waals surface area contributed by atoms with Gasteiger partial charge in [0.05, 0.1) is 12.3 Å². The standard InChI is InChI=1S/C15H15NO3/c17-13-6-9-5-11(1-2-12(9)16-13)19-14(18)10-7-15(8-10)3-4-15/h1-2,5,10H,3-4,6-8H2,(H,16,17). The van der Waals surface area contributed by atoms with Crippen molar-refractivity contribution in [3.63, 3.8) is 0 Å². The van der Waals surface area contributed by atoms with E-state index in [0.29, 0.717) is 17.6 Å². The van der Waals surface area contributed by atoms with Crippen LogP contribution < -0.4 is 10.1 Å². The molecule has 1 aromatic carbocycles. The Morgan fingerprint density at radius 1 is 1.32 bits per heavy atom. The van der Waals surface area contributed by atoms with E-state index in [4.69, 9.17) is 4.74 Å². The molecule has 0 saturated heterocycles. The molecule has 0 atom stereocenters. The van der Waals surface area contributed by atoms with Crippen LogP contribution >= 0.6 is 0 Å². The number of ether oxygens (including phenoxy) is 1. The number of benzene rings is 1. The van der Waals surface area contributed by atoms with E-state index in [2.05, 4.69) is 5.32 Å². The molecule has 4 heteroatoms. The zero-order chi connectivity index (χ0) is 13.0. The average Bonchev–Trinajstić information content (AvgIpc) is 3.04. The van der Waals surface area contributed by atoms with Crippen LogP contribution in [-0.2, 0) is 16.0 Å². The largest absolute Gasteiger partial charge is 0.426 e. The SMILES string of the molecule is O=C1Cc2cc(OC(=O)C3CC4(CC4)C3)ccc2N1. The van der Waals surface area contributed by atoms with E-state index in [-0.39, 0.29) is 17.8 Å². The maximum atomic E-state index is 12.0. The van der Waals surface area contributed by atoms with Crippen LogP contribution in [0.1, 0.15) is 31.2 Å². The van der Waals surface area contributed by atoms with Crippen LogP contribution in [0.5, 0.6) is 5.75 Å². The lowest BCUT2D eigenvalue weighted by molar-refractivity contribution is -0.144. The van der Waals surface area contributed by atoms with Crippen molar-refractivity contribution in [2.45, 2.75) is 32.1 Å². The van der Waals surface area contributed by atoms with Gasteiger partial charge in [0.1, 0.15) is 5.75 Å². The topological polar surface area (TPSA) is 55.4 Å². The lowest BCUT2D eigenvalue weighted by atomic mass is 9.72. The van der Waals surface area contributed by atoms with Gasteiger partial charge in [0, 0.05) is 5.69 Å². The number of anilines is 1. The van der Waals surface area contributed by atoms with Gasteiger partial charge >= 0.3 is 5.97 Å². The van der Waals surface area contributed by atoms with E-state index in [1.54, 1.807) is 18.2 Å². The van der Waals surface area contributed by atoms with Crippen LogP contribution in [0.15, 0.2) is 18.2 Å². The third-order valence-corrected chi connectivity index (χ3v) is 4.57. The normalized spacial score (nSPS) is 22.6. The van der Waals surface area contributed by atoms with E-state index in [1.165, 1.54) is 12.8 Å². The Bertz CT molecular complexity index is 581. The molecule has 0 aromatic heterocycles. The van der Waals surface area contributed by atoms with Gasteiger partial charge in [-0.15, -0.1) is 0 Å². The van der Waals surface area contributed by atoms with Crippen molar-refractivity contribution in [2.75, 3.05) is 5.32 Å². The zero-order valence-electron chi connectivity index (χ0n) is 10.6. The first-order valence-corrected chi connectivity index (χ1v) is 6.78. The van der Waals surface area contributed by atoms with E-state index in [0.717, 1.165) is 24.1 Å². The molecule has 1 heterocycles. The van der Waals surface area contributed by atoms with Gasteiger partial charge in [-0.05, 0) is 54.9 Å². The molecule has 0 bridgehead atoms. The molecule has 3 aliphatic rings. The maximum Gasteiger partial charge on any atom is 0.314 e. The van der Waals surface area contributed by atoms with Crippen molar-refractivity contribution in [1.82, 2.24) is 0 Å².